The van der Waals surface area contributed by atoms with Gasteiger partial charge in [-0.2, -0.15) is 0 Å². The Hall–Kier alpha value is -3.76. The number of carbonyl (C=O) groups excluding carboxylic acids is 1. The number of carbonyl (C=O) groups is 1. The van der Waals surface area contributed by atoms with Crippen molar-refractivity contribution in [2.24, 2.45) is 0 Å². The third-order valence-electron chi connectivity index (χ3n) is 3.81. The minimum atomic E-state index is -4.80. The molecule has 0 bridgehead atoms. The van der Waals surface area contributed by atoms with E-state index in [4.69, 9.17) is 4.42 Å². The Morgan fingerprint density at radius 2 is 1.90 bits per heavy atom. The summed E-state index contributed by atoms with van der Waals surface area (Å²) in [4.78, 5) is 39.0. The lowest BCUT2D eigenvalue weighted by Crippen LogP contribution is -2.40. The highest BCUT2D eigenvalue weighted by Crippen LogP contribution is 2.22. The number of halogens is 3. The van der Waals surface area contributed by atoms with E-state index < -0.39 is 29.3 Å². The van der Waals surface area contributed by atoms with Gasteiger partial charge in [-0.05, 0) is 29.8 Å². The van der Waals surface area contributed by atoms with Crippen LogP contribution in [0.2, 0.25) is 0 Å². The van der Waals surface area contributed by atoms with Crippen molar-refractivity contribution < 1.29 is 27.1 Å². The Labute approximate surface area is 160 Å². The maximum absolute atomic E-state index is 12.5. The van der Waals surface area contributed by atoms with Crippen LogP contribution in [0.25, 0.3) is 0 Å². The van der Waals surface area contributed by atoms with Crippen LogP contribution >= 0.6 is 0 Å². The zero-order valence-corrected chi connectivity index (χ0v) is 14.7. The molecule has 29 heavy (non-hydrogen) atoms. The molecule has 0 atom stereocenters. The van der Waals surface area contributed by atoms with Gasteiger partial charge >= 0.3 is 12.1 Å². The summed E-state index contributed by atoms with van der Waals surface area (Å²) in [5.74, 6) is -0.791. The number of amides is 1. The summed E-state index contributed by atoms with van der Waals surface area (Å²) < 4.78 is 46.2. The molecule has 2 aromatic heterocycles. The summed E-state index contributed by atoms with van der Waals surface area (Å²) in [6.45, 7) is -0.204. The molecule has 2 N–H and O–H groups in total. The van der Waals surface area contributed by atoms with Crippen molar-refractivity contribution in [3.05, 3.63) is 86.6 Å². The summed E-state index contributed by atoms with van der Waals surface area (Å²) in [6, 6.07) is 8.05. The molecule has 0 saturated carbocycles. The van der Waals surface area contributed by atoms with Crippen LogP contribution in [0.5, 0.6) is 5.75 Å². The minimum absolute atomic E-state index is 0.0537. The first-order valence-corrected chi connectivity index (χ1v) is 8.21. The Balaban J connectivity index is 1.69. The molecule has 1 aromatic carbocycles. The molecule has 11 heteroatoms. The van der Waals surface area contributed by atoms with E-state index in [-0.39, 0.29) is 18.7 Å². The number of aromatic nitrogens is 2. The summed E-state index contributed by atoms with van der Waals surface area (Å²) >= 11 is 0. The summed E-state index contributed by atoms with van der Waals surface area (Å²) in [7, 11) is 0. The summed E-state index contributed by atoms with van der Waals surface area (Å²) in [5.41, 5.74) is -1.33. The molecule has 8 nitrogen and oxygen atoms in total. The van der Waals surface area contributed by atoms with Gasteiger partial charge in [0, 0.05) is 12.7 Å². The van der Waals surface area contributed by atoms with Crippen LogP contribution in [0.15, 0.2) is 62.9 Å². The van der Waals surface area contributed by atoms with Crippen LogP contribution in [-0.2, 0) is 13.1 Å². The van der Waals surface area contributed by atoms with Gasteiger partial charge in [-0.3, -0.25) is 14.2 Å². The lowest BCUT2D eigenvalue weighted by Gasteiger charge is -2.10. The van der Waals surface area contributed by atoms with E-state index in [1.165, 1.54) is 18.4 Å². The molecule has 0 aliphatic rings. The first-order valence-electron chi connectivity index (χ1n) is 8.21. The van der Waals surface area contributed by atoms with E-state index in [2.05, 4.69) is 15.0 Å². The zero-order valence-electron chi connectivity index (χ0n) is 14.7. The van der Waals surface area contributed by atoms with Gasteiger partial charge in [0.15, 0.2) is 0 Å². The molecule has 0 aliphatic heterocycles. The van der Waals surface area contributed by atoms with Gasteiger partial charge in [0.2, 0.25) is 0 Å². The number of hydrogen-bond donors (Lipinski definition) is 2. The van der Waals surface area contributed by atoms with Gasteiger partial charge in [-0.15, -0.1) is 13.2 Å². The minimum Gasteiger partial charge on any atom is -0.467 e. The fourth-order valence-electron chi connectivity index (χ4n) is 2.46. The third kappa shape index (κ3) is 5.15. The Bertz CT molecular complexity index is 1100. The van der Waals surface area contributed by atoms with Gasteiger partial charge in [0.25, 0.3) is 11.5 Å². The number of aromatic amines is 1. The lowest BCUT2D eigenvalue weighted by atomic mass is 10.2. The Morgan fingerprint density at radius 3 is 2.52 bits per heavy atom. The van der Waals surface area contributed by atoms with Gasteiger partial charge in [-0.1, -0.05) is 12.1 Å². The molecule has 0 radical (unpaired) electrons. The zero-order chi connectivity index (χ0) is 21.0. The van der Waals surface area contributed by atoms with E-state index in [1.54, 1.807) is 12.1 Å². The quantitative estimate of drug-likeness (QED) is 0.648. The van der Waals surface area contributed by atoms with E-state index >= 15 is 0 Å². The number of hydrogen-bond acceptors (Lipinski definition) is 5. The number of H-pyrrole nitrogens is 1. The van der Waals surface area contributed by atoms with E-state index in [0.717, 1.165) is 22.9 Å². The number of rotatable bonds is 6. The monoisotopic (exact) mass is 409 g/mol. The van der Waals surface area contributed by atoms with Gasteiger partial charge < -0.3 is 19.5 Å². The highest BCUT2D eigenvalue weighted by molar-refractivity contribution is 5.93. The largest absolute Gasteiger partial charge is 0.573 e. The first kappa shape index (κ1) is 20.0. The van der Waals surface area contributed by atoms with Crippen LogP contribution < -0.4 is 21.3 Å². The summed E-state index contributed by atoms with van der Waals surface area (Å²) in [5, 5.41) is 2.47. The Kier molecular flexibility index (Phi) is 5.57. The third-order valence-corrected chi connectivity index (χ3v) is 3.81. The van der Waals surface area contributed by atoms with E-state index in [0.29, 0.717) is 11.3 Å². The van der Waals surface area contributed by atoms with Crippen molar-refractivity contribution in [2.75, 3.05) is 0 Å². The second-order valence-electron chi connectivity index (χ2n) is 5.85. The molecule has 0 aliphatic carbocycles. The van der Waals surface area contributed by atoms with Crippen LogP contribution in [0, 0.1) is 0 Å². The number of nitrogens with zero attached hydrogens (tertiary/aromatic N) is 1. The predicted octanol–water partition coefficient (Wildman–Crippen LogP) is 2.01. The molecular formula is C18H14F3N3O5. The highest BCUT2D eigenvalue weighted by Gasteiger charge is 2.30. The smallest absolute Gasteiger partial charge is 0.467 e. The second-order valence-corrected chi connectivity index (χ2v) is 5.85. The molecule has 0 spiro atoms. The molecule has 0 unspecified atom stereocenters. The molecule has 0 fully saturated rings. The molecule has 152 valence electrons. The number of benzene rings is 1. The lowest BCUT2D eigenvalue weighted by molar-refractivity contribution is -0.274. The fraction of sp³-hybridized carbons (Fsp3) is 0.167. The average molecular weight is 409 g/mol. The van der Waals surface area contributed by atoms with Gasteiger partial charge in [0.1, 0.15) is 17.1 Å². The van der Waals surface area contributed by atoms with E-state index in [9.17, 15) is 27.6 Å². The number of alkyl halides is 3. The standard InChI is InChI=1S/C18H14F3N3O5/c19-18(20,21)29-12-5-3-11(4-6-12)8-22-15(25)14-9-23-17(27)24(16(14)26)10-13-2-1-7-28-13/h1-7,9H,8,10H2,(H,22,25)(H,23,27). The molecule has 2 heterocycles. The van der Waals surface area contributed by atoms with Crippen LogP contribution in [0.1, 0.15) is 21.7 Å². The molecule has 3 aromatic rings. The topological polar surface area (TPSA) is 106 Å². The SMILES string of the molecule is O=C(NCc1ccc(OC(F)(F)F)cc1)c1c[nH]c(=O)n(Cc2ccco2)c1=O. The highest BCUT2D eigenvalue weighted by atomic mass is 19.4. The fourth-order valence-corrected chi connectivity index (χ4v) is 2.46. The summed E-state index contributed by atoms with van der Waals surface area (Å²) in [6.07, 6.45) is -2.41. The maximum Gasteiger partial charge on any atom is 0.573 e. The van der Waals surface area contributed by atoms with Crippen LogP contribution in [0.4, 0.5) is 13.2 Å². The number of nitrogens with one attached hydrogen (secondary N) is 2. The van der Waals surface area contributed by atoms with Crippen molar-refractivity contribution in [2.45, 2.75) is 19.5 Å². The molecule has 0 saturated heterocycles. The maximum atomic E-state index is 12.5. The predicted molar refractivity (Wildman–Crippen MR) is 93.4 cm³/mol. The molecule has 3 rings (SSSR count). The van der Waals surface area contributed by atoms with Crippen LogP contribution in [-0.4, -0.2) is 21.8 Å². The molecule has 1 amide bonds. The van der Waals surface area contributed by atoms with Crippen molar-refractivity contribution in [3.8, 4) is 5.75 Å². The van der Waals surface area contributed by atoms with Crippen molar-refractivity contribution in [1.29, 1.82) is 0 Å². The average Bonchev–Trinajstić information content (AvgIpc) is 3.16. The van der Waals surface area contributed by atoms with Crippen molar-refractivity contribution >= 4 is 5.91 Å². The van der Waals surface area contributed by atoms with Crippen LogP contribution in [0.3, 0.4) is 0 Å². The van der Waals surface area contributed by atoms with Gasteiger partial charge in [-0.25, -0.2) is 4.79 Å². The molecular weight excluding hydrogens is 395 g/mol. The first-order chi connectivity index (χ1) is 13.7. The second kappa shape index (κ2) is 8.09. The Morgan fingerprint density at radius 1 is 1.17 bits per heavy atom. The van der Waals surface area contributed by atoms with E-state index in [1.807, 2.05) is 0 Å². The number of ether oxygens (including phenoxy) is 1. The normalized spacial score (nSPS) is 11.3. The number of furan rings is 1. The van der Waals surface area contributed by atoms with Crippen molar-refractivity contribution in [1.82, 2.24) is 14.9 Å². The van der Waals surface area contributed by atoms with Gasteiger partial charge in [0.05, 0.1) is 12.8 Å². The van der Waals surface area contributed by atoms with Crippen molar-refractivity contribution in [3.63, 3.8) is 0 Å².